The molecule has 0 spiro atoms. The zero-order chi connectivity index (χ0) is 18.9. The van der Waals surface area contributed by atoms with Gasteiger partial charge in [-0.05, 0) is 50.6 Å². The van der Waals surface area contributed by atoms with Crippen molar-refractivity contribution in [3.8, 4) is 0 Å². The van der Waals surface area contributed by atoms with E-state index in [9.17, 15) is 26.4 Å². The summed E-state index contributed by atoms with van der Waals surface area (Å²) in [6.45, 7) is 2.43. The monoisotopic (exact) mass is 378 g/mol. The molecule has 2 N–H and O–H groups in total. The van der Waals surface area contributed by atoms with E-state index in [1.165, 1.54) is 12.1 Å². The molecule has 1 aromatic rings. The van der Waals surface area contributed by atoms with Gasteiger partial charge < -0.3 is 10.6 Å². The van der Waals surface area contributed by atoms with E-state index < -0.39 is 38.3 Å². The van der Waals surface area contributed by atoms with Gasteiger partial charge in [-0.15, -0.1) is 0 Å². The fourth-order valence-electron chi connectivity index (χ4n) is 2.97. The number of piperidine rings is 1. The Kier molecular flexibility index (Phi) is 5.48. The summed E-state index contributed by atoms with van der Waals surface area (Å²) >= 11 is 0. The fraction of sp³-hybridized carbons (Fsp3) is 0.562. The first-order chi connectivity index (χ1) is 11.5. The average Bonchev–Trinajstić information content (AvgIpc) is 2.53. The normalized spacial score (nSPS) is 19.2. The van der Waals surface area contributed by atoms with E-state index >= 15 is 0 Å². The highest BCUT2D eigenvalue weighted by Crippen LogP contribution is 2.31. The molecule has 0 aromatic heterocycles. The third-order valence-electron chi connectivity index (χ3n) is 4.62. The maximum absolute atomic E-state index is 12.7. The van der Waals surface area contributed by atoms with Crippen LogP contribution in [0.2, 0.25) is 0 Å². The SMILES string of the molecule is CC(NC(=O)C1(S(C)(=O)=O)CCNCC1)c1ccc(C(F)(F)F)cc1. The summed E-state index contributed by atoms with van der Waals surface area (Å²) in [6.07, 6.45) is -3.06. The van der Waals surface area contributed by atoms with E-state index in [4.69, 9.17) is 0 Å². The molecule has 9 heteroatoms. The van der Waals surface area contributed by atoms with E-state index in [1.54, 1.807) is 6.92 Å². The second-order valence-electron chi connectivity index (χ2n) is 6.33. The molecule has 1 fully saturated rings. The van der Waals surface area contributed by atoms with Crippen molar-refractivity contribution in [2.24, 2.45) is 0 Å². The van der Waals surface area contributed by atoms with Gasteiger partial charge in [-0.3, -0.25) is 4.79 Å². The van der Waals surface area contributed by atoms with Crippen molar-refractivity contribution in [2.75, 3.05) is 19.3 Å². The van der Waals surface area contributed by atoms with Gasteiger partial charge in [-0.1, -0.05) is 12.1 Å². The summed E-state index contributed by atoms with van der Waals surface area (Å²) in [7, 11) is -3.64. The Morgan fingerprint density at radius 1 is 1.20 bits per heavy atom. The Morgan fingerprint density at radius 2 is 1.72 bits per heavy atom. The Labute approximate surface area is 144 Å². The molecule has 2 rings (SSSR count). The number of alkyl halides is 3. The van der Waals surface area contributed by atoms with Crippen LogP contribution < -0.4 is 10.6 Å². The third kappa shape index (κ3) is 4.14. The summed E-state index contributed by atoms with van der Waals surface area (Å²) in [5, 5.41) is 5.67. The third-order valence-corrected chi connectivity index (χ3v) is 6.63. The van der Waals surface area contributed by atoms with Crippen LogP contribution in [0.1, 0.15) is 36.9 Å². The van der Waals surface area contributed by atoms with Crippen LogP contribution >= 0.6 is 0 Å². The van der Waals surface area contributed by atoms with Crippen LogP contribution in [0.15, 0.2) is 24.3 Å². The molecule has 0 saturated carbocycles. The van der Waals surface area contributed by atoms with Gasteiger partial charge in [-0.25, -0.2) is 8.42 Å². The Bertz CT molecular complexity index is 724. The Hall–Kier alpha value is -1.61. The predicted molar refractivity (Wildman–Crippen MR) is 87.7 cm³/mol. The molecular weight excluding hydrogens is 357 g/mol. The maximum Gasteiger partial charge on any atom is 0.416 e. The van der Waals surface area contributed by atoms with Crippen molar-refractivity contribution < 1.29 is 26.4 Å². The summed E-state index contributed by atoms with van der Waals surface area (Å²) in [6, 6.07) is 3.83. The number of carbonyl (C=O) groups is 1. The highest BCUT2D eigenvalue weighted by atomic mass is 32.2. The molecule has 140 valence electrons. The minimum atomic E-state index is -4.43. The number of halogens is 3. The molecular formula is C16H21F3N2O3S. The molecule has 1 unspecified atom stereocenters. The number of amides is 1. The molecule has 1 aliphatic rings. The standard InChI is InChI=1S/C16H21F3N2O3S/c1-11(12-3-5-13(6-4-12)16(17,18)19)21-14(22)15(25(2,23)24)7-9-20-10-8-15/h3-6,11,20H,7-10H2,1-2H3,(H,21,22). The molecule has 1 amide bonds. The van der Waals surface area contributed by atoms with Crippen LogP contribution in [0.25, 0.3) is 0 Å². The molecule has 1 aliphatic heterocycles. The zero-order valence-corrected chi connectivity index (χ0v) is 14.8. The van der Waals surface area contributed by atoms with Crippen LogP contribution in [0.5, 0.6) is 0 Å². The van der Waals surface area contributed by atoms with E-state index in [1.807, 2.05) is 0 Å². The van der Waals surface area contributed by atoms with Crippen molar-refractivity contribution in [3.63, 3.8) is 0 Å². The van der Waals surface area contributed by atoms with E-state index in [0.29, 0.717) is 18.7 Å². The number of carbonyl (C=O) groups excluding carboxylic acids is 1. The minimum Gasteiger partial charge on any atom is -0.348 e. The molecule has 1 aromatic carbocycles. The maximum atomic E-state index is 12.7. The van der Waals surface area contributed by atoms with Crippen LogP contribution in [0, 0.1) is 0 Å². The van der Waals surface area contributed by atoms with Gasteiger partial charge in [0, 0.05) is 6.26 Å². The molecule has 1 atom stereocenters. The van der Waals surface area contributed by atoms with Gasteiger partial charge >= 0.3 is 6.18 Å². The lowest BCUT2D eigenvalue weighted by Gasteiger charge is -2.35. The number of hydrogen-bond donors (Lipinski definition) is 2. The molecule has 25 heavy (non-hydrogen) atoms. The lowest BCUT2D eigenvalue weighted by Crippen LogP contribution is -2.57. The van der Waals surface area contributed by atoms with Crippen LogP contribution in [-0.2, 0) is 20.8 Å². The largest absolute Gasteiger partial charge is 0.416 e. The Balaban J connectivity index is 2.18. The first-order valence-electron chi connectivity index (χ1n) is 7.86. The average molecular weight is 378 g/mol. The minimum absolute atomic E-state index is 0.164. The molecule has 0 radical (unpaired) electrons. The number of benzene rings is 1. The zero-order valence-electron chi connectivity index (χ0n) is 14.0. The Morgan fingerprint density at radius 3 is 2.16 bits per heavy atom. The van der Waals surface area contributed by atoms with Gasteiger partial charge in [0.05, 0.1) is 11.6 Å². The van der Waals surface area contributed by atoms with Crippen LogP contribution in [0.4, 0.5) is 13.2 Å². The van der Waals surface area contributed by atoms with Crippen molar-refractivity contribution in [2.45, 2.75) is 36.7 Å². The highest BCUT2D eigenvalue weighted by Gasteiger charge is 2.48. The van der Waals surface area contributed by atoms with E-state index in [-0.39, 0.29) is 12.8 Å². The predicted octanol–water partition coefficient (Wildman–Crippen LogP) is 2.05. The molecule has 0 aliphatic carbocycles. The van der Waals surface area contributed by atoms with Crippen molar-refractivity contribution in [1.82, 2.24) is 10.6 Å². The van der Waals surface area contributed by atoms with Gasteiger partial charge in [0.25, 0.3) is 0 Å². The quantitative estimate of drug-likeness (QED) is 0.841. The topological polar surface area (TPSA) is 75.3 Å². The first-order valence-corrected chi connectivity index (χ1v) is 9.75. The summed E-state index contributed by atoms with van der Waals surface area (Å²) in [4.78, 5) is 12.7. The summed E-state index contributed by atoms with van der Waals surface area (Å²) < 4.78 is 60.8. The molecule has 1 heterocycles. The second kappa shape index (κ2) is 6.95. The lowest BCUT2D eigenvalue weighted by atomic mass is 9.95. The van der Waals surface area contributed by atoms with Crippen molar-refractivity contribution >= 4 is 15.7 Å². The van der Waals surface area contributed by atoms with Gasteiger partial charge in [0.2, 0.25) is 5.91 Å². The van der Waals surface area contributed by atoms with Crippen molar-refractivity contribution in [1.29, 1.82) is 0 Å². The van der Waals surface area contributed by atoms with Gasteiger partial charge in [-0.2, -0.15) is 13.2 Å². The number of hydrogen-bond acceptors (Lipinski definition) is 4. The first kappa shape index (κ1) is 19.7. The van der Waals surface area contributed by atoms with Gasteiger partial charge in [0.1, 0.15) is 0 Å². The van der Waals surface area contributed by atoms with E-state index in [2.05, 4.69) is 10.6 Å². The molecule has 0 bridgehead atoms. The lowest BCUT2D eigenvalue weighted by molar-refractivity contribution is -0.137. The van der Waals surface area contributed by atoms with Crippen LogP contribution in [-0.4, -0.2) is 38.4 Å². The number of sulfone groups is 1. The summed E-state index contributed by atoms with van der Waals surface area (Å²) in [5.41, 5.74) is -0.306. The smallest absolute Gasteiger partial charge is 0.348 e. The molecule has 5 nitrogen and oxygen atoms in total. The van der Waals surface area contributed by atoms with Gasteiger partial charge in [0.15, 0.2) is 14.6 Å². The molecule has 1 saturated heterocycles. The van der Waals surface area contributed by atoms with Crippen LogP contribution in [0.3, 0.4) is 0 Å². The summed E-state index contributed by atoms with van der Waals surface area (Å²) in [5.74, 6) is -0.608. The second-order valence-corrected chi connectivity index (χ2v) is 8.66. The highest BCUT2D eigenvalue weighted by molar-refractivity contribution is 7.92. The van der Waals surface area contributed by atoms with E-state index in [0.717, 1.165) is 18.4 Å². The number of rotatable bonds is 4. The van der Waals surface area contributed by atoms with Crippen molar-refractivity contribution in [3.05, 3.63) is 35.4 Å². The number of nitrogens with one attached hydrogen (secondary N) is 2. The fourth-order valence-corrected chi connectivity index (χ4v) is 4.31.